The fourth-order valence-corrected chi connectivity index (χ4v) is 5.97. The molecule has 0 fully saturated rings. The van der Waals surface area contributed by atoms with E-state index in [0.717, 1.165) is 11.1 Å². The SMILES string of the molecule is Cc1ccc(S(=O)(=O)NC(c2ccccc2)S(=O)(=O)c2ccc(C)cc2)cc1. The van der Waals surface area contributed by atoms with Gasteiger partial charge in [0.2, 0.25) is 10.0 Å². The fraction of sp³-hybridized carbons (Fsp3) is 0.143. The highest BCUT2D eigenvalue weighted by atomic mass is 32.2. The first-order valence-corrected chi connectivity index (χ1v) is 11.7. The van der Waals surface area contributed by atoms with Gasteiger partial charge in [-0.15, -0.1) is 0 Å². The third kappa shape index (κ3) is 4.32. The normalized spacial score (nSPS) is 13.2. The lowest BCUT2D eigenvalue weighted by Crippen LogP contribution is -2.34. The minimum absolute atomic E-state index is 0.0122. The summed E-state index contributed by atoms with van der Waals surface area (Å²) in [7, 11) is -8.06. The molecule has 1 atom stereocenters. The summed E-state index contributed by atoms with van der Waals surface area (Å²) in [5.74, 6) is 0. The van der Waals surface area contributed by atoms with Crippen molar-refractivity contribution < 1.29 is 16.8 Å². The zero-order valence-electron chi connectivity index (χ0n) is 15.5. The molecule has 0 radical (unpaired) electrons. The Morgan fingerprint density at radius 2 is 1.11 bits per heavy atom. The second-order valence-corrected chi connectivity index (χ2v) is 10.3. The van der Waals surface area contributed by atoms with E-state index in [-0.39, 0.29) is 9.79 Å². The van der Waals surface area contributed by atoms with E-state index in [9.17, 15) is 16.8 Å². The van der Waals surface area contributed by atoms with E-state index < -0.39 is 25.2 Å². The zero-order chi connectivity index (χ0) is 20.4. The highest BCUT2D eigenvalue weighted by Gasteiger charge is 2.33. The molecule has 0 saturated heterocycles. The minimum atomic E-state index is -4.05. The van der Waals surface area contributed by atoms with Gasteiger partial charge in [-0.1, -0.05) is 65.7 Å². The fourth-order valence-electron chi connectivity index (χ4n) is 2.73. The third-order valence-electron chi connectivity index (χ3n) is 4.36. The molecule has 0 heterocycles. The van der Waals surface area contributed by atoms with Crippen LogP contribution in [0.4, 0.5) is 0 Å². The van der Waals surface area contributed by atoms with Gasteiger partial charge in [0.05, 0.1) is 9.79 Å². The van der Waals surface area contributed by atoms with E-state index in [1.165, 1.54) is 24.3 Å². The summed E-state index contributed by atoms with van der Waals surface area (Å²) < 4.78 is 54.7. The number of aryl methyl sites for hydroxylation is 2. The van der Waals surface area contributed by atoms with Gasteiger partial charge in [0.25, 0.3) is 0 Å². The molecule has 1 unspecified atom stereocenters. The summed E-state index contributed by atoms with van der Waals surface area (Å²) in [6.45, 7) is 3.70. The summed E-state index contributed by atoms with van der Waals surface area (Å²) >= 11 is 0. The van der Waals surface area contributed by atoms with Crippen molar-refractivity contribution in [3.8, 4) is 0 Å². The van der Waals surface area contributed by atoms with E-state index in [2.05, 4.69) is 4.72 Å². The van der Waals surface area contributed by atoms with Crippen LogP contribution >= 0.6 is 0 Å². The number of benzene rings is 3. The molecule has 0 bridgehead atoms. The Morgan fingerprint density at radius 3 is 1.61 bits per heavy atom. The van der Waals surface area contributed by atoms with Crippen LogP contribution in [0, 0.1) is 13.8 Å². The Bertz CT molecular complexity index is 1150. The summed E-state index contributed by atoms with van der Waals surface area (Å²) in [5, 5.41) is -1.44. The smallest absolute Gasteiger partial charge is 0.222 e. The van der Waals surface area contributed by atoms with E-state index in [4.69, 9.17) is 0 Å². The Morgan fingerprint density at radius 1 is 0.643 bits per heavy atom. The van der Waals surface area contributed by atoms with Crippen LogP contribution in [0.2, 0.25) is 0 Å². The van der Waals surface area contributed by atoms with E-state index in [0.29, 0.717) is 5.56 Å². The molecule has 0 amide bonds. The lowest BCUT2D eigenvalue weighted by atomic mass is 10.2. The molecule has 0 aliphatic rings. The van der Waals surface area contributed by atoms with Crippen LogP contribution in [0.25, 0.3) is 0 Å². The molecule has 3 aromatic carbocycles. The standard InChI is InChI=1S/C21H21NO4S2/c1-16-8-12-19(13-9-16)27(23,24)21(18-6-4-3-5-7-18)22-28(25,26)20-14-10-17(2)11-15-20/h3-15,21-22H,1-2H3. The first-order valence-electron chi connectivity index (χ1n) is 8.65. The molecule has 28 heavy (non-hydrogen) atoms. The first kappa shape index (κ1) is 20.3. The van der Waals surface area contributed by atoms with Gasteiger partial charge in [-0.25, -0.2) is 16.8 Å². The average molecular weight is 416 g/mol. The number of sulfone groups is 1. The van der Waals surface area contributed by atoms with Crippen LogP contribution < -0.4 is 4.72 Å². The van der Waals surface area contributed by atoms with E-state index in [1.54, 1.807) is 54.6 Å². The van der Waals surface area contributed by atoms with Gasteiger partial charge in [0.1, 0.15) is 0 Å². The molecule has 1 N–H and O–H groups in total. The van der Waals surface area contributed by atoms with Gasteiger partial charge in [0, 0.05) is 0 Å². The van der Waals surface area contributed by atoms with Gasteiger partial charge in [-0.2, -0.15) is 4.72 Å². The lowest BCUT2D eigenvalue weighted by molar-refractivity contribution is 0.557. The Balaban J connectivity index is 2.08. The monoisotopic (exact) mass is 415 g/mol. The summed E-state index contributed by atoms with van der Waals surface area (Å²) in [4.78, 5) is 0.0664. The molecule has 3 aromatic rings. The largest absolute Gasteiger partial charge is 0.242 e. The number of sulfonamides is 1. The summed E-state index contributed by atoms with van der Waals surface area (Å²) in [6.07, 6.45) is 0. The molecule has 0 aliphatic carbocycles. The second-order valence-electron chi connectivity index (χ2n) is 6.58. The Hall–Kier alpha value is -2.48. The molecule has 0 aromatic heterocycles. The van der Waals surface area contributed by atoms with Crippen molar-refractivity contribution in [1.29, 1.82) is 0 Å². The molecule has 7 heteroatoms. The van der Waals surface area contributed by atoms with Gasteiger partial charge in [-0.05, 0) is 43.7 Å². The molecule has 3 rings (SSSR count). The number of hydrogen-bond donors (Lipinski definition) is 1. The second kappa shape index (κ2) is 7.87. The average Bonchev–Trinajstić information content (AvgIpc) is 2.67. The first-order chi connectivity index (χ1) is 13.2. The van der Waals surface area contributed by atoms with Crippen molar-refractivity contribution in [2.75, 3.05) is 0 Å². The van der Waals surface area contributed by atoms with Crippen molar-refractivity contribution in [1.82, 2.24) is 4.72 Å². The van der Waals surface area contributed by atoms with Crippen LogP contribution in [0.5, 0.6) is 0 Å². The number of hydrogen-bond acceptors (Lipinski definition) is 4. The van der Waals surface area contributed by atoms with Crippen LogP contribution in [0.15, 0.2) is 88.7 Å². The Kier molecular flexibility index (Phi) is 5.69. The van der Waals surface area contributed by atoms with Crippen molar-refractivity contribution in [3.05, 3.63) is 95.6 Å². The Labute approximate surface area is 166 Å². The number of nitrogens with one attached hydrogen (secondary N) is 1. The lowest BCUT2D eigenvalue weighted by Gasteiger charge is -2.20. The quantitative estimate of drug-likeness (QED) is 0.665. The minimum Gasteiger partial charge on any atom is -0.222 e. The molecular weight excluding hydrogens is 394 g/mol. The topological polar surface area (TPSA) is 80.3 Å². The van der Waals surface area contributed by atoms with Crippen molar-refractivity contribution in [3.63, 3.8) is 0 Å². The zero-order valence-corrected chi connectivity index (χ0v) is 17.2. The predicted molar refractivity (Wildman–Crippen MR) is 109 cm³/mol. The molecule has 146 valence electrons. The number of rotatable bonds is 6. The highest BCUT2D eigenvalue weighted by Crippen LogP contribution is 2.29. The summed E-state index contributed by atoms with van der Waals surface area (Å²) in [5.41, 5.74) is 2.17. The predicted octanol–water partition coefficient (Wildman–Crippen LogP) is 3.75. The molecule has 0 spiro atoms. The van der Waals surface area contributed by atoms with Crippen LogP contribution in [0.3, 0.4) is 0 Å². The molecule has 0 saturated carbocycles. The van der Waals surface area contributed by atoms with Crippen molar-refractivity contribution >= 4 is 19.9 Å². The van der Waals surface area contributed by atoms with E-state index >= 15 is 0 Å². The molecular formula is C21H21NO4S2. The maximum atomic E-state index is 13.3. The van der Waals surface area contributed by atoms with Crippen LogP contribution in [-0.4, -0.2) is 16.8 Å². The molecule has 5 nitrogen and oxygen atoms in total. The van der Waals surface area contributed by atoms with E-state index in [1.807, 2.05) is 13.8 Å². The maximum absolute atomic E-state index is 13.3. The van der Waals surface area contributed by atoms with Crippen molar-refractivity contribution in [2.24, 2.45) is 0 Å². The third-order valence-corrected chi connectivity index (χ3v) is 7.88. The summed E-state index contributed by atoms with van der Waals surface area (Å²) in [6, 6.07) is 20.9. The maximum Gasteiger partial charge on any atom is 0.242 e. The van der Waals surface area contributed by atoms with Crippen molar-refractivity contribution in [2.45, 2.75) is 29.0 Å². The van der Waals surface area contributed by atoms with Gasteiger partial charge in [0.15, 0.2) is 15.2 Å². The van der Waals surface area contributed by atoms with Crippen LogP contribution in [-0.2, 0) is 19.9 Å². The molecule has 0 aliphatic heterocycles. The van der Waals surface area contributed by atoms with Gasteiger partial charge < -0.3 is 0 Å². The van der Waals surface area contributed by atoms with Crippen LogP contribution in [0.1, 0.15) is 22.1 Å². The van der Waals surface area contributed by atoms with Gasteiger partial charge in [-0.3, -0.25) is 0 Å². The highest BCUT2D eigenvalue weighted by molar-refractivity contribution is 7.94. The van der Waals surface area contributed by atoms with Gasteiger partial charge >= 0.3 is 0 Å².